The molecule has 0 saturated heterocycles. The van der Waals surface area contributed by atoms with E-state index in [-0.39, 0.29) is 0 Å². The standard InChI is InChI=1S/C13H21NO4/c1-14-7-11(15)10-6-5-9(8-16-2)12(17-3)13(10)18-4/h5-6,11,14-15H,7-8H2,1-4H3. The minimum Gasteiger partial charge on any atom is -0.492 e. The highest BCUT2D eigenvalue weighted by molar-refractivity contribution is 5.52. The van der Waals surface area contributed by atoms with Crippen LogP contribution in [0.4, 0.5) is 0 Å². The Labute approximate surface area is 108 Å². The molecule has 1 aromatic rings. The van der Waals surface area contributed by atoms with Gasteiger partial charge in [-0.15, -0.1) is 0 Å². The molecule has 0 saturated carbocycles. The van der Waals surface area contributed by atoms with Crippen LogP contribution in [-0.2, 0) is 11.3 Å². The highest BCUT2D eigenvalue weighted by atomic mass is 16.5. The highest BCUT2D eigenvalue weighted by Crippen LogP contribution is 2.38. The average molecular weight is 255 g/mol. The van der Waals surface area contributed by atoms with Crippen molar-refractivity contribution in [1.29, 1.82) is 0 Å². The Morgan fingerprint density at radius 1 is 1.17 bits per heavy atom. The summed E-state index contributed by atoms with van der Waals surface area (Å²) < 4.78 is 15.8. The zero-order chi connectivity index (χ0) is 13.5. The molecule has 1 atom stereocenters. The van der Waals surface area contributed by atoms with Gasteiger partial charge in [0.15, 0.2) is 11.5 Å². The van der Waals surface area contributed by atoms with Gasteiger partial charge < -0.3 is 24.6 Å². The molecule has 0 fully saturated rings. The van der Waals surface area contributed by atoms with Crippen molar-refractivity contribution in [3.05, 3.63) is 23.3 Å². The molecule has 18 heavy (non-hydrogen) atoms. The molecule has 0 amide bonds. The van der Waals surface area contributed by atoms with Crippen LogP contribution in [0.15, 0.2) is 12.1 Å². The van der Waals surface area contributed by atoms with E-state index in [4.69, 9.17) is 14.2 Å². The largest absolute Gasteiger partial charge is 0.492 e. The number of ether oxygens (including phenoxy) is 3. The van der Waals surface area contributed by atoms with Crippen LogP contribution < -0.4 is 14.8 Å². The first-order valence-electron chi connectivity index (χ1n) is 5.74. The van der Waals surface area contributed by atoms with E-state index in [9.17, 15) is 5.11 Å². The SMILES string of the molecule is CNCC(O)c1ccc(COC)c(OC)c1OC. The summed E-state index contributed by atoms with van der Waals surface area (Å²) in [5.41, 5.74) is 1.58. The highest BCUT2D eigenvalue weighted by Gasteiger charge is 2.19. The van der Waals surface area contributed by atoms with Gasteiger partial charge in [0, 0.05) is 24.8 Å². The van der Waals surface area contributed by atoms with Crippen molar-refractivity contribution in [2.24, 2.45) is 0 Å². The first kappa shape index (κ1) is 14.8. The summed E-state index contributed by atoms with van der Waals surface area (Å²) in [4.78, 5) is 0. The third-order valence-corrected chi connectivity index (χ3v) is 2.69. The van der Waals surface area contributed by atoms with Gasteiger partial charge in [0.05, 0.1) is 26.9 Å². The molecule has 0 aliphatic carbocycles. The summed E-state index contributed by atoms with van der Waals surface area (Å²) >= 11 is 0. The fourth-order valence-corrected chi connectivity index (χ4v) is 1.89. The Morgan fingerprint density at radius 3 is 2.33 bits per heavy atom. The number of hydrogen-bond donors (Lipinski definition) is 2. The minimum atomic E-state index is -0.643. The number of benzene rings is 1. The van der Waals surface area contributed by atoms with Gasteiger partial charge in [-0.1, -0.05) is 12.1 Å². The van der Waals surface area contributed by atoms with Gasteiger partial charge in [-0.2, -0.15) is 0 Å². The third kappa shape index (κ3) is 3.13. The van der Waals surface area contributed by atoms with Crippen molar-refractivity contribution < 1.29 is 19.3 Å². The molecule has 2 N–H and O–H groups in total. The number of methoxy groups -OCH3 is 3. The van der Waals surface area contributed by atoms with Crippen molar-refractivity contribution in [1.82, 2.24) is 5.32 Å². The van der Waals surface area contributed by atoms with E-state index in [1.54, 1.807) is 28.4 Å². The van der Waals surface area contributed by atoms with Crippen LogP contribution in [-0.4, -0.2) is 40.0 Å². The Balaban J connectivity index is 3.20. The zero-order valence-electron chi connectivity index (χ0n) is 11.3. The molecule has 0 spiro atoms. The molecule has 1 rings (SSSR count). The summed E-state index contributed by atoms with van der Waals surface area (Å²) in [7, 11) is 6.54. The van der Waals surface area contributed by atoms with Gasteiger partial charge >= 0.3 is 0 Å². The molecule has 0 radical (unpaired) electrons. The van der Waals surface area contributed by atoms with Crippen LogP contribution in [0.25, 0.3) is 0 Å². The van der Waals surface area contributed by atoms with Crippen molar-refractivity contribution in [3.8, 4) is 11.5 Å². The maximum atomic E-state index is 10.0. The molecule has 5 nitrogen and oxygen atoms in total. The summed E-state index contributed by atoms with van der Waals surface area (Å²) in [5.74, 6) is 1.15. The minimum absolute atomic E-state index is 0.432. The van der Waals surface area contributed by atoms with E-state index >= 15 is 0 Å². The second kappa shape index (κ2) is 7.20. The number of aliphatic hydroxyl groups is 1. The van der Waals surface area contributed by atoms with Gasteiger partial charge in [0.1, 0.15) is 0 Å². The third-order valence-electron chi connectivity index (χ3n) is 2.69. The maximum Gasteiger partial charge on any atom is 0.166 e. The van der Waals surface area contributed by atoms with Crippen LogP contribution in [0.5, 0.6) is 11.5 Å². The van der Waals surface area contributed by atoms with Crippen molar-refractivity contribution in [3.63, 3.8) is 0 Å². The predicted octanol–water partition coefficient (Wildman–Crippen LogP) is 1.10. The lowest BCUT2D eigenvalue weighted by Crippen LogP contribution is -2.17. The van der Waals surface area contributed by atoms with Crippen LogP contribution in [0.1, 0.15) is 17.2 Å². The van der Waals surface area contributed by atoms with Crippen LogP contribution >= 0.6 is 0 Å². The number of nitrogens with one attached hydrogen (secondary N) is 1. The lowest BCUT2D eigenvalue weighted by atomic mass is 10.0. The quantitative estimate of drug-likeness (QED) is 0.764. The molecule has 5 heteroatoms. The molecule has 0 aliphatic rings. The van der Waals surface area contributed by atoms with E-state index in [1.807, 2.05) is 12.1 Å². The van der Waals surface area contributed by atoms with Gasteiger partial charge in [0.2, 0.25) is 0 Å². The van der Waals surface area contributed by atoms with E-state index in [0.29, 0.717) is 30.2 Å². The lowest BCUT2D eigenvalue weighted by molar-refractivity contribution is 0.169. The summed E-state index contributed by atoms with van der Waals surface area (Å²) in [6, 6.07) is 3.71. The molecule has 102 valence electrons. The summed E-state index contributed by atoms with van der Waals surface area (Å²) in [5, 5.41) is 13.0. The van der Waals surface area contributed by atoms with E-state index < -0.39 is 6.10 Å². The smallest absolute Gasteiger partial charge is 0.166 e. The first-order valence-corrected chi connectivity index (χ1v) is 5.74. The number of hydrogen-bond acceptors (Lipinski definition) is 5. The van der Waals surface area contributed by atoms with E-state index in [1.165, 1.54) is 0 Å². The number of likely N-dealkylation sites (N-methyl/N-ethyl adjacent to an activating group) is 1. The zero-order valence-corrected chi connectivity index (χ0v) is 11.3. The van der Waals surface area contributed by atoms with Crippen molar-refractivity contribution in [2.75, 3.05) is 34.9 Å². The van der Waals surface area contributed by atoms with Crippen LogP contribution in [0.2, 0.25) is 0 Å². The van der Waals surface area contributed by atoms with Crippen molar-refractivity contribution >= 4 is 0 Å². The normalized spacial score (nSPS) is 12.3. The average Bonchev–Trinajstić information content (AvgIpc) is 2.38. The summed E-state index contributed by atoms with van der Waals surface area (Å²) in [6.07, 6.45) is -0.643. The molecule has 0 heterocycles. The second-order valence-corrected chi connectivity index (χ2v) is 3.89. The molecule has 0 aliphatic heterocycles. The van der Waals surface area contributed by atoms with E-state index in [2.05, 4.69) is 5.32 Å². The maximum absolute atomic E-state index is 10.0. The second-order valence-electron chi connectivity index (χ2n) is 3.89. The molecular formula is C13H21NO4. The fraction of sp³-hybridized carbons (Fsp3) is 0.538. The van der Waals surface area contributed by atoms with Gasteiger partial charge in [-0.3, -0.25) is 0 Å². The Bertz CT molecular complexity index is 381. The summed E-state index contributed by atoms with van der Waals surface area (Å²) in [6.45, 7) is 0.880. The first-order chi connectivity index (χ1) is 8.69. The lowest BCUT2D eigenvalue weighted by Gasteiger charge is -2.19. The molecule has 0 aromatic heterocycles. The fourth-order valence-electron chi connectivity index (χ4n) is 1.89. The Hall–Kier alpha value is -1.30. The predicted molar refractivity (Wildman–Crippen MR) is 69.1 cm³/mol. The molecule has 1 unspecified atom stereocenters. The number of rotatable bonds is 7. The van der Waals surface area contributed by atoms with Gasteiger partial charge in [0.25, 0.3) is 0 Å². The van der Waals surface area contributed by atoms with E-state index in [0.717, 1.165) is 5.56 Å². The molecular weight excluding hydrogens is 234 g/mol. The monoisotopic (exact) mass is 255 g/mol. The van der Waals surface area contributed by atoms with Crippen LogP contribution in [0.3, 0.4) is 0 Å². The van der Waals surface area contributed by atoms with Crippen molar-refractivity contribution in [2.45, 2.75) is 12.7 Å². The Kier molecular flexibility index (Phi) is 5.91. The Morgan fingerprint density at radius 2 is 1.83 bits per heavy atom. The van der Waals surface area contributed by atoms with Gasteiger partial charge in [-0.05, 0) is 7.05 Å². The van der Waals surface area contributed by atoms with Crippen LogP contribution in [0, 0.1) is 0 Å². The number of aliphatic hydroxyl groups excluding tert-OH is 1. The molecule has 1 aromatic carbocycles. The topological polar surface area (TPSA) is 60.0 Å². The van der Waals surface area contributed by atoms with Gasteiger partial charge in [-0.25, -0.2) is 0 Å². The molecule has 0 bridgehead atoms.